The Balaban J connectivity index is 2.35. The largest absolute Gasteiger partial charge is 0.292 e. The van der Waals surface area contributed by atoms with Crippen molar-refractivity contribution in [3.63, 3.8) is 0 Å². The van der Waals surface area contributed by atoms with E-state index >= 15 is 0 Å². The molecule has 0 unspecified atom stereocenters. The van der Waals surface area contributed by atoms with E-state index < -0.39 is 5.41 Å². The van der Waals surface area contributed by atoms with E-state index in [1.807, 2.05) is 32.0 Å². The summed E-state index contributed by atoms with van der Waals surface area (Å²) >= 11 is 0. The average molecular weight is 213 g/mol. The number of nitrogens with zero attached hydrogens (tertiary/aromatic N) is 1. The maximum absolute atomic E-state index is 12.2. The summed E-state index contributed by atoms with van der Waals surface area (Å²) in [5, 5.41) is 9.12. The Morgan fingerprint density at radius 2 is 2.00 bits per heavy atom. The van der Waals surface area contributed by atoms with E-state index in [1.165, 1.54) is 5.56 Å². The third-order valence-corrected chi connectivity index (χ3v) is 3.62. The number of rotatable bonds is 2. The fraction of sp³-hybridized carbons (Fsp3) is 0.429. The molecule has 0 aromatic heterocycles. The summed E-state index contributed by atoms with van der Waals surface area (Å²) in [5.74, 6) is 0.00403. The van der Waals surface area contributed by atoms with Gasteiger partial charge in [-0.3, -0.25) is 4.79 Å². The van der Waals surface area contributed by atoms with E-state index in [0.717, 1.165) is 24.8 Å². The molecule has 2 rings (SSSR count). The summed E-state index contributed by atoms with van der Waals surface area (Å²) < 4.78 is 0. The van der Waals surface area contributed by atoms with Crippen molar-refractivity contribution in [2.45, 2.75) is 33.1 Å². The topological polar surface area (TPSA) is 40.9 Å². The smallest absolute Gasteiger partial charge is 0.183 e. The summed E-state index contributed by atoms with van der Waals surface area (Å²) in [6.07, 6.45) is 2.43. The highest BCUT2D eigenvalue weighted by Gasteiger charge is 2.44. The number of benzene rings is 1. The van der Waals surface area contributed by atoms with Crippen LogP contribution >= 0.6 is 0 Å². The van der Waals surface area contributed by atoms with Crippen molar-refractivity contribution < 1.29 is 4.79 Å². The molecule has 1 aliphatic rings. The van der Waals surface area contributed by atoms with E-state index in [2.05, 4.69) is 6.07 Å². The molecule has 2 heteroatoms. The first-order chi connectivity index (χ1) is 7.59. The Labute approximate surface area is 95.9 Å². The monoisotopic (exact) mass is 213 g/mol. The molecule has 0 saturated heterocycles. The lowest BCUT2D eigenvalue weighted by atomic mass is 9.65. The molecule has 0 radical (unpaired) electrons. The molecule has 2 nitrogen and oxygen atoms in total. The molecule has 1 aromatic rings. The number of Topliss-reactive ketones (excluding diaryl/α,β-unsaturated/α-hetero) is 1. The van der Waals surface area contributed by atoms with Crippen molar-refractivity contribution in [2.24, 2.45) is 5.41 Å². The molecule has 0 spiro atoms. The van der Waals surface area contributed by atoms with Crippen molar-refractivity contribution in [3.05, 3.63) is 34.9 Å². The maximum atomic E-state index is 12.2. The van der Waals surface area contributed by atoms with Gasteiger partial charge in [-0.15, -0.1) is 0 Å². The van der Waals surface area contributed by atoms with Gasteiger partial charge in [-0.25, -0.2) is 0 Å². The van der Waals surface area contributed by atoms with Crippen LogP contribution in [0.5, 0.6) is 0 Å². The fourth-order valence-electron chi connectivity index (χ4n) is 2.08. The molecule has 0 bridgehead atoms. The van der Waals surface area contributed by atoms with Crippen molar-refractivity contribution in [1.29, 1.82) is 5.26 Å². The van der Waals surface area contributed by atoms with E-state index in [-0.39, 0.29) is 5.78 Å². The molecule has 82 valence electrons. The minimum atomic E-state index is -0.721. The van der Waals surface area contributed by atoms with E-state index in [4.69, 9.17) is 5.26 Å². The average Bonchev–Trinajstić information content (AvgIpc) is 2.21. The van der Waals surface area contributed by atoms with Crippen LogP contribution in [0.3, 0.4) is 0 Å². The van der Waals surface area contributed by atoms with Crippen LogP contribution in [-0.4, -0.2) is 5.78 Å². The summed E-state index contributed by atoms with van der Waals surface area (Å²) in [7, 11) is 0. The molecular formula is C14H15NO. The number of nitriles is 1. The molecular weight excluding hydrogens is 198 g/mol. The van der Waals surface area contributed by atoms with Gasteiger partial charge in [-0.05, 0) is 50.3 Å². The standard InChI is InChI=1S/C14H15NO/c1-10-4-5-12(8-11(10)2)13(16)14(9-15)6-3-7-14/h4-5,8H,3,6-7H2,1-2H3. The van der Waals surface area contributed by atoms with Crippen LogP contribution in [-0.2, 0) is 0 Å². The molecule has 1 fully saturated rings. The predicted octanol–water partition coefficient (Wildman–Crippen LogP) is 3.18. The van der Waals surface area contributed by atoms with Gasteiger partial charge >= 0.3 is 0 Å². The van der Waals surface area contributed by atoms with Gasteiger partial charge in [0.25, 0.3) is 0 Å². The Morgan fingerprint density at radius 1 is 1.31 bits per heavy atom. The number of carbonyl (C=O) groups is 1. The van der Waals surface area contributed by atoms with Crippen LogP contribution in [0.1, 0.15) is 40.7 Å². The lowest BCUT2D eigenvalue weighted by Crippen LogP contribution is -2.36. The van der Waals surface area contributed by atoms with Crippen molar-refractivity contribution >= 4 is 5.78 Å². The van der Waals surface area contributed by atoms with Crippen LogP contribution < -0.4 is 0 Å². The molecule has 0 aliphatic heterocycles. The summed E-state index contributed by atoms with van der Waals surface area (Å²) in [4.78, 5) is 12.2. The van der Waals surface area contributed by atoms with Gasteiger partial charge in [-0.1, -0.05) is 12.1 Å². The van der Waals surface area contributed by atoms with Crippen LogP contribution in [0, 0.1) is 30.6 Å². The minimum Gasteiger partial charge on any atom is -0.292 e. The number of carbonyl (C=O) groups excluding carboxylic acids is 1. The second-order valence-corrected chi connectivity index (χ2v) is 4.68. The van der Waals surface area contributed by atoms with Crippen LogP contribution in [0.25, 0.3) is 0 Å². The predicted molar refractivity (Wildman–Crippen MR) is 62.1 cm³/mol. The molecule has 16 heavy (non-hydrogen) atoms. The van der Waals surface area contributed by atoms with Gasteiger partial charge in [0.05, 0.1) is 6.07 Å². The van der Waals surface area contributed by atoms with Gasteiger partial charge in [0, 0.05) is 5.56 Å². The SMILES string of the molecule is Cc1ccc(C(=O)C2(C#N)CCC2)cc1C. The number of ketones is 1. The Hall–Kier alpha value is -1.62. The van der Waals surface area contributed by atoms with E-state index in [9.17, 15) is 4.79 Å². The number of hydrogen-bond donors (Lipinski definition) is 0. The van der Waals surface area contributed by atoms with Gasteiger partial charge in [-0.2, -0.15) is 5.26 Å². The summed E-state index contributed by atoms with van der Waals surface area (Å²) in [6, 6.07) is 7.88. The zero-order valence-electron chi connectivity index (χ0n) is 9.71. The molecule has 1 aromatic carbocycles. The Morgan fingerprint density at radius 3 is 2.44 bits per heavy atom. The molecule has 0 atom stereocenters. The highest BCUT2D eigenvalue weighted by atomic mass is 16.1. The second kappa shape index (κ2) is 3.75. The number of aryl methyl sites for hydroxylation is 2. The molecule has 0 N–H and O–H groups in total. The summed E-state index contributed by atoms with van der Waals surface area (Å²) in [5.41, 5.74) is 2.25. The van der Waals surface area contributed by atoms with Gasteiger partial charge in [0.15, 0.2) is 5.78 Å². The molecule has 0 amide bonds. The lowest BCUT2D eigenvalue weighted by Gasteiger charge is -2.33. The summed E-state index contributed by atoms with van der Waals surface area (Å²) in [6.45, 7) is 4.01. The molecule has 1 saturated carbocycles. The minimum absolute atomic E-state index is 0.00403. The first kappa shape index (κ1) is 10.9. The van der Waals surface area contributed by atoms with Gasteiger partial charge in [0.2, 0.25) is 0 Å². The van der Waals surface area contributed by atoms with E-state index in [1.54, 1.807) is 0 Å². The first-order valence-corrected chi connectivity index (χ1v) is 5.62. The Kier molecular flexibility index (Phi) is 2.55. The maximum Gasteiger partial charge on any atom is 0.183 e. The van der Waals surface area contributed by atoms with Crippen LogP contribution in [0.2, 0.25) is 0 Å². The first-order valence-electron chi connectivity index (χ1n) is 5.62. The van der Waals surface area contributed by atoms with Crippen molar-refractivity contribution in [1.82, 2.24) is 0 Å². The van der Waals surface area contributed by atoms with Crippen LogP contribution in [0.15, 0.2) is 18.2 Å². The quantitative estimate of drug-likeness (QED) is 0.708. The van der Waals surface area contributed by atoms with Crippen molar-refractivity contribution in [3.8, 4) is 6.07 Å². The third-order valence-electron chi connectivity index (χ3n) is 3.62. The second-order valence-electron chi connectivity index (χ2n) is 4.68. The van der Waals surface area contributed by atoms with Crippen molar-refractivity contribution in [2.75, 3.05) is 0 Å². The third kappa shape index (κ3) is 1.53. The van der Waals surface area contributed by atoms with Gasteiger partial charge < -0.3 is 0 Å². The zero-order valence-corrected chi connectivity index (χ0v) is 9.71. The van der Waals surface area contributed by atoms with Crippen LogP contribution in [0.4, 0.5) is 0 Å². The normalized spacial score (nSPS) is 17.3. The highest BCUT2D eigenvalue weighted by molar-refractivity contribution is 6.03. The molecule has 0 heterocycles. The lowest BCUT2D eigenvalue weighted by molar-refractivity contribution is 0.0748. The Bertz CT molecular complexity index is 478. The van der Waals surface area contributed by atoms with E-state index in [0.29, 0.717) is 5.56 Å². The molecule has 1 aliphatic carbocycles. The fourth-order valence-corrected chi connectivity index (χ4v) is 2.08. The van der Waals surface area contributed by atoms with Gasteiger partial charge in [0.1, 0.15) is 5.41 Å². The zero-order chi connectivity index (χ0) is 11.8. The highest BCUT2D eigenvalue weighted by Crippen LogP contribution is 2.43. The number of hydrogen-bond acceptors (Lipinski definition) is 2.